The maximum Gasteiger partial charge on any atom is 0.291 e. The Bertz CT molecular complexity index is 1050. The summed E-state index contributed by atoms with van der Waals surface area (Å²) in [6, 6.07) is 5.30. The minimum atomic E-state index is -0.345. The Kier molecular flexibility index (Phi) is 5.52. The molecule has 1 saturated heterocycles. The van der Waals surface area contributed by atoms with Gasteiger partial charge in [-0.1, -0.05) is 38.8 Å². The molecule has 1 aromatic carbocycles. The first-order valence-corrected chi connectivity index (χ1v) is 11.5. The molecule has 2 aromatic heterocycles. The highest BCUT2D eigenvalue weighted by atomic mass is 19.1. The molecule has 0 amide bonds. The molecule has 0 bridgehead atoms. The number of fused-ring (bicyclic) bond motifs is 1. The topological polar surface area (TPSA) is 80.2 Å². The molecule has 0 spiro atoms. The summed E-state index contributed by atoms with van der Waals surface area (Å²) in [5.41, 5.74) is 1.21. The largest absolute Gasteiger partial charge is 0.391 e. The molecule has 5 rings (SSSR count). The van der Waals surface area contributed by atoms with E-state index < -0.39 is 0 Å². The molecule has 3 heterocycles. The van der Waals surface area contributed by atoms with Gasteiger partial charge in [-0.2, -0.15) is 14.8 Å². The van der Waals surface area contributed by atoms with Crippen molar-refractivity contribution in [2.24, 2.45) is 0 Å². The van der Waals surface area contributed by atoms with Gasteiger partial charge >= 0.3 is 0 Å². The number of halogens is 1. The summed E-state index contributed by atoms with van der Waals surface area (Å²) < 4.78 is 21.7. The van der Waals surface area contributed by atoms with Crippen LogP contribution in [0.5, 0.6) is 0 Å². The number of aliphatic hydroxyl groups excluding tert-OH is 1. The van der Waals surface area contributed by atoms with Gasteiger partial charge in [-0.05, 0) is 55.9 Å². The lowest BCUT2D eigenvalue weighted by Crippen LogP contribution is -2.48. The van der Waals surface area contributed by atoms with E-state index in [2.05, 4.69) is 20.1 Å². The number of nitrogens with zero attached hydrogens (tertiary/aromatic N) is 5. The lowest BCUT2D eigenvalue weighted by Gasteiger charge is -2.41. The maximum atomic E-state index is 14.6. The van der Waals surface area contributed by atoms with Crippen molar-refractivity contribution in [3.8, 4) is 5.95 Å². The van der Waals surface area contributed by atoms with Crippen molar-refractivity contribution in [1.82, 2.24) is 24.8 Å². The molecule has 0 unspecified atom stereocenters. The van der Waals surface area contributed by atoms with E-state index in [0.29, 0.717) is 11.4 Å². The summed E-state index contributed by atoms with van der Waals surface area (Å²) in [6.45, 7) is 5.91. The third-order valence-electron chi connectivity index (χ3n) is 6.89. The smallest absolute Gasteiger partial charge is 0.291 e. The predicted octanol–water partition coefficient (Wildman–Crippen LogP) is 4.15. The normalized spacial score (nSPS) is 23.8. The van der Waals surface area contributed by atoms with Gasteiger partial charge in [-0.3, -0.25) is 4.90 Å². The van der Waals surface area contributed by atoms with E-state index >= 15 is 0 Å². The first kappa shape index (κ1) is 20.6. The molecule has 2 atom stereocenters. The second-order valence-corrected chi connectivity index (χ2v) is 9.25. The third-order valence-corrected chi connectivity index (χ3v) is 6.89. The number of hydrogen-bond acceptors (Lipinski definition) is 6. The predicted molar refractivity (Wildman–Crippen MR) is 115 cm³/mol. The maximum absolute atomic E-state index is 14.6. The molecule has 2 fully saturated rings. The van der Waals surface area contributed by atoms with E-state index in [1.165, 1.54) is 17.2 Å². The van der Waals surface area contributed by atoms with Crippen LogP contribution in [-0.2, 0) is 0 Å². The molecule has 1 aliphatic heterocycles. The van der Waals surface area contributed by atoms with Crippen LogP contribution in [0, 0.1) is 5.82 Å². The SMILES string of the molecule is CC(C)c1nn(-c2noc(C3CCN([C@H]4CCCC[C@@H]4O)CC3)n2)c2c(F)cccc12. The third kappa shape index (κ3) is 3.76. The highest BCUT2D eigenvalue weighted by molar-refractivity contribution is 5.84. The monoisotopic (exact) mass is 427 g/mol. The lowest BCUT2D eigenvalue weighted by molar-refractivity contribution is 0.00731. The van der Waals surface area contributed by atoms with E-state index in [1.54, 1.807) is 6.07 Å². The summed E-state index contributed by atoms with van der Waals surface area (Å²) >= 11 is 0. The Labute approximate surface area is 181 Å². The van der Waals surface area contributed by atoms with E-state index in [4.69, 9.17) is 4.52 Å². The van der Waals surface area contributed by atoms with Crippen LogP contribution in [0.1, 0.15) is 75.8 Å². The highest BCUT2D eigenvalue weighted by Gasteiger charge is 2.33. The summed E-state index contributed by atoms with van der Waals surface area (Å²) in [5, 5.41) is 19.9. The Morgan fingerprint density at radius 1 is 1.13 bits per heavy atom. The molecule has 3 aromatic rings. The molecular weight excluding hydrogens is 397 g/mol. The number of hydrogen-bond donors (Lipinski definition) is 1. The average Bonchev–Trinajstić information content (AvgIpc) is 3.40. The molecule has 2 aliphatic rings. The fraction of sp³-hybridized carbons (Fsp3) is 0.609. The van der Waals surface area contributed by atoms with Crippen LogP contribution >= 0.6 is 0 Å². The molecule has 7 nitrogen and oxygen atoms in total. The van der Waals surface area contributed by atoms with Crippen LogP contribution in [0.4, 0.5) is 4.39 Å². The van der Waals surface area contributed by atoms with Gasteiger partial charge in [0, 0.05) is 17.3 Å². The highest BCUT2D eigenvalue weighted by Crippen LogP contribution is 2.33. The van der Waals surface area contributed by atoms with Crippen LogP contribution in [-0.4, -0.2) is 55.2 Å². The molecule has 166 valence electrons. The van der Waals surface area contributed by atoms with Gasteiger partial charge in [0.15, 0.2) is 0 Å². The molecule has 1 saturated carbocycles. The summed E-state index contributed by atoms with van der Waals surface area (Å²) in [7, 11) is 0. The number of rotatable bonds is 4. The van der Waals surface area contributed by atoms with Crippen LogP contribution < -0.4 is 0 Å². The summed E-state index contributed by atoms with van der Waals surface area (Å²) in [4.78, 5) is 7.03. The average molecular weight is 428 g/mol. The molecular formula is C23H30FN5O2. The van der Waals surface area contributed by atoms with Crippen molar-refractivity contribution in [2.45, 2.75) is 76.4 Å². The van der Waals surface area contributed by atoms with Crippen molar-refractivity contribution >= 4 is 10.9 Å². The van der Waals surface area contributed by atoms with Gasteiger partial charge in [0.2, 0.25) is 5.89 Å². The Balaban J connectivity index is 1.36. The van der Waals surface area contributed by atoms with Gasteiger partial charge in [0.1, 0.15) is 11.3 Å². The molecule has 8 heteroatoms. The first-order chi connectivity index (χ1) is 15.0. The second kappa shape index (κ2) is 8.31. The summed E-state index contributed by atoms with van der Waals surface area (Å²) in [5.74, 6) is 0.848. The van der Waals surface area contributed by atoms with Crippen LogP contribution in [0.2, 0.25) is 0 Å². The van der Waals surface area contributed by atoms with E-state index in [1.807, 2.05) is 19.9 Å². The number of aromatic nitrogens is 4. The Morgan fingerprint density at radius 3 is 2.65 bits per heavy atom. The zero-order valence-corrected chi connectivity index (χ0v) is 18.2. The van der Waals surface area contributed by atoms with Crippen molar-refractivity contribution in [3.63, 3.8) is 0 Å². The summed E-state index contributed by atoms with van der Waals surface area (Å²) in [6.07, 6.45) is 5.92. The number of para-hydroxylation sites is 1. The van der Waals surface area contributed by atoms with Gasteiger partial charge in [0.05, 0.1) is 11.8 Å². The van der Waals surface area contributed by atoms with Gasteiger partial charge in [-0.25, -0.2) is 4.39 Å². The van der Waals surface area contributed by atoms with Crippen LogP contribution in [0.15, 0.2) is 22.7 Å². The van der Waals surface area contributed by atoms with E-state index in [9.17, 15) is 9.50 Å². The fourth-order valence-corrected chi connectivity index (χ4v) is 5.19. The minimum Gasteiger partial charge on any atom is -0.391 e. The number of likely N-dealkylation sites (tertiary alicyclic amines) is 1. The van der Waals surface area contributed by atoms with E-state index in [-0.39, 0.29) is 35.7 Å². The van der Waals surface area contributed by atoms with Crippen LogP contribution in [0.25, 0.3) is 16.9 Å². The lowest BCUT2D eigenvalue weighted by atomic mass is 9.88. The molecule has 0 radical (unpaired) electrons. The second-order valence-electron chi connectivity index (χ2n) is 9.25. The van der Waals surface area contributed by atoms with Gasteiger partial charge in [0.25, 0.3) is 5.95 Å². The van der Waals surface area contributed by atoms with Gasteiger partial charge < -0.3 is 9.63 Å². The van der Waals surface area contributed by atoms with Gasteiger partial charge in [-0.15, -0.1) is 0 Å². The van der Waals surface area contributed by atoms with Crippen molar-refractivity contribution in [2.75, 3.05) is 13.1 Å². The zero-order chi connectivity index (χ0) is 21.5. The zero-order valence-electron chi connectivity index (χ0n) is 18.2. The van der Waals surface area contributed by atoms with Crippen molar-refractivity contribution < 1.29 is 14.0 Å². The molecule has 31 heavy (non-hydrogen) atoms. The van der Waals surface area contributed by atoms with Crippen LogP contribution in [0.3, 0.4) is 0 Å². The van der Waals surface area contributed by atoms with E-state index in [0.717, 1.165) is 56.3 Å². The Hall–Kier alpha value is -2.32. The first-order valence-electron chi connectivity index (χ1n) is 11.5. The fourth-order valence-electron chi connectivity index (χ4n) is 5.19. The standard InChI is InChI=1S/C23H30FN5O2/c1-14(2)20-16-6-5-7-17(24)21(16)29(26-20)23-25-22(31-27-23)15-10-12-28(13-11-15)18-8-3-4-9-19(18)30/h5-7,14-15,18-19,30H,3-4,8-13H2,1-2H3/t18-,19-/m0/s1. The molecule has 1 N–H and O–H groups in total. The van der Waals surface area contributed by atoms with Crippen molar-refractivity contribution in [3.05, 3.63) is 35.6 Å². The number of benzene rings is 1. The quantitative estimate of drug-likeness (QED) is 0.674. The number of piperidine rings is 1. The number of aliphatic hydroxyl groups is 1. The molecule has 1 aliphatic carbocycles. The van der Waals surface area contributed by atoms with Crippen molar-refractivity contribution in [1.29, 1.82) is 0 Å². The Morgan fingerprint density at radius 2 is 1.90 bits per heavy atom. The minimum absolute atomic E-state index is 0.149.